The number of amides is 1. The molecule has 0 atom stereocenters. The summed E-state index contributed by atoms with van der Waals surface area (Å²) in [5.74, 6) is 0.179. The lowest BCUT2D eigenvalue weighted by molar-refractivity contribution is -0.138. The van der Waals surface area contributed by atoms with Gasteiger partial charge in [0, 0.05) is 12.6 Å². The third-order valence-electron chi connectivity index (χ3n) is 4.64. The molecule has 1 aromatic carbocycles. The number of benzene rings is 1. The van der Waals surface area contributed by atoms with Gasteiger partial charge in [0.1, 0.15) is 0 Å². The van der Waals surface area contributed by atoms with Crippen molar-refractivity contribution in [1.82, 2.24) is 4.90 Å². The average molecular weight is 272 g/mol. The molecule has 3 rings (SSSR count). The number of rotatable bonds is 4. The van der Waals surface area contributed by atoms with Gasteiger partial charge in [0.05, 0.1) is 5.54 Å². The highest BCUT2D eigenvalue weighted by Gasteiger charge is 2.44. The maximum atomic E-state index is 12.8. The zero-order chi connectivity index (χ0) is 14.2. The van der Waals surface area contributed by atoms with Crippen molar-refractivity contribution in [3.63, 3.8) is 0 Å². The molecular formula is C17H24N2O. The molecule has 1 amide bonds. The predicted octanol–water partition coefficient (Wildman–Crippen LogP) is 2.76. The van der Waals surface area contributed by atoms with Gasteiger partial charge in [0.15, 0.2) is 0 Å². The standard InChI is InChI=1S/C17H24N2O/c1-13-4-6-14(7-5-13)12-19(15-8-9-15)16(20)17(18)10-2-3-11-17/h4-7,15H,2-3,8-12,18H2,1H3. The first-order valence-electron chi connectivity index (χ1n) is 7.74. The number of carbonyl (C=O) groups is 1. The van der Waals surface area contributed by atoms with Crippen LogP contribution in [-0.4, -0.2) is 22.4 Å². The van der Waals surface area contributed by atoms with Crippen LogP contribution in [0.3, 0.4) is 0 Å². The summed E-state index contributed by atoms with van der Waals surface area (Å²) in [5, 5.41) is 0. The molecule has 1 aromatic rings. The predicted molar refractivity (Wildman–Crippen MR) is 80.1 cm³/mol. The van der Waals surface area contributed by atoms with Gasteiger partial charge in [-0.15, -0.1) is 0 Å². The Kier molecular flexibility index (Phi) is 3.55. The highest BCUT2D eigenvalue weighted by atomic mass is 16.2. The molecule has 2 fully saturated rings. The summed E-state index contributed by atoms with van der Waals surface area (Å²) in [6.07, 6.45) is 6.14. The number of hydrogen-bond acceptors (Lipinski definition) is 2. The monoisotopic (exact) mass is 272 g/mol. The van der Waals surface area contributed by atoms with Crippen LogP contribution in [-0.2, 0) is 11.3 Å². The Morgan fingerprint density at radius 3 is 2.40 bits per heavy atom. The molecule has 2 saturated carbocycles. The van der Waals surface area contributed by atoms with Crippen LogP contribution in [0.1, 0.15) is 49.7 Å². The van der Waals surface area contributed by atoms with Gasteiger partial charge in [-0.1, -0.05) is 42.7 Å². The second kappa shape index (κ2) is 5.21. The number of nitrogens with two attached hydrogens (primary N) is 1. The quantitative estimate of drug-likeness (QED) is 0.916. The summed E-state index contributed by atoms with van der Waals surface area (Å²) in [6, 6.07) is 8.88. The highest BCUT2D eigenvalue weighted by Crippen LogP contribution is 2.35. The van der Waals surface area contributed by atoms with Gasteiger partial charge in [0.2, 0.25) is 5.91 Å². The third kappa shape index (κ3) is 2.73. The molecule has 3 nitrogen and oxygen atoms in total. The second-order valence-electron chi connectivity index (χ2n) is 6.51. The van der Waals surface area contributed by atoms with E-state index in [2.05, 4.69) is 31.2 Å². The summed E-state index contributed by atoms with van der Waals surface area (Å²) in [6.45, 7) is 2.80. The lowest BCUT2D eigenvalue weighted by Gasteiger charge is -2.32. The van der Waals surface area contributed by atoms with Crippen molar-refractivity contribution in [3.05, 3.63) is 35.4 Å². The summed E-state index contributed by atoms with van der Waals surface area (Å²) in [7, 11) is 0. The number of aryl methyl sites for hydroxylation is 1. The fourth-order valence-corrected chi connectivity index (χ4v) is 3.15. The molecule has 2 N–H and O–H groups in total. The molecule has 0 unspecified atom stereocenters. The van der Waals surface area contributed by atoms with E-state index in [9.17, 15) is 4.79 Å². The fraction of sp³-hybridized carbons (Fsp3) is 0.588. The van der Waals surface area contributed by atoms with Gasteiger partial charge in [-0.25, -0.2) is 0 Å². The van der Waals surface area contributed by atoms with Crippen LogP contribution in [0.5, 0.6) is 0 Å². The first-order valence-corrected chi connectivity index (χ1v) is 7.74. The van der Waals surface area contributed by atoms with E-state index in [0.717, 1.165) is 38.5 Å². The van der Waals surface area contributed by atoms with E-state index in [1.807, 2.05) is 4.90 Å². The molecule has 0 heterocycles. The fourth-order valence-electron chi connectivity index (χ4n) is 3.15. The topological polar surface area (TPSA) is 46.3 Å². The van der Waals surface area contributed by atoms with Gasteiger partial charge in [-0.2, -0.15) is 0 Å². The Bertz CT molecular complexity index is 484. The van der Waals surface area contributed by atoms with Crippen molar-refractivity contribution in [2.45, 2.75) is 63.6 Å². The molecule has 0 aliphatic heterocycles. The van der Waals surface area contributed by atoms with E-state index >= 15 is 0 Å². The maximum Gasteiger partial charge on any atom is 0.243 e. The Hall–Kier alpha value is -1.35. The Balaban J connectivity index is 1.75. The Morgan fingerprint density at radius 2 is 1.85 bits per heavy atom. The molecule has 0 saturated heterocycles. The Labute approximate surface area is 121 Å². The van der Waals surface area contributed by atoms with Crippen LogP contribution < -0.4 is 5.73 Å². The van der Waals surface area contributed by atoms with Crippen LogP contribution >= 0.6 is 0 Å². The van der Waals surface area contributed by atoms with Crippen molar-refractivity contribution in [3.8, 4) is 0 Å². The molecule has 0 aromatic heterocycles. The van der Waals surface area contributed by atoms with E-state index in [-0.39, 0.29) is 5.91 Å². The summed E-state index contributed by atoms with van der Waals surface area (Å²) in [4.78, 5) is 14.9. The molecule has 0 bridgehead atoms. The largest absolute Gasteiger partial charge is 0.334 e. The SMILES string of the molecule is Cc1ccc(CN(C(=O)C2(N)CCCC2)C2CC2)cc1. The minimum absolute atomic E-state index is 0.179. The zero-order valence-corrected chi connectivity index (χ0v) is 12.3. The van der Waals surface area contributed by atoms with E-state index in [1.54, 1.807) is 0 Å². The Morgan fingerprint density at radius 1 is 1.25 bits per heavy atom. The summed E-state index contributed by atoms with van der Waals surface area (Å²) >= 11 is 0. The van der Waals surface area contributed by atoms with Gasteiger partial charge >= 0.3 is 0 Å². The smallest absolute Gasteiger partial charge is 0.243 e. The molecule has 108 valence electrons. The number of hydrogen-bond donors (Lipinski definition) is 1. The lowest BCUT2D eigenvalue weighted by Crippen LogP contribution is -2.54. The van der Waals surface area contributed by atoms with Gasteiger partial charge in [0.25, 0.3) is 0 Å². The summed E-state index contributed by atoms with van der Waals surface area (Å²) in [5.41, 5.74) is 8.23. The molecular weight excluding hydrogens is 248 g/mol. The van der Waals surface area contributed by atoms with Crippen LogP contribution in [0.15, 0.2) is 24.3 Å². The van der Waals surface area contributed by atoms with E-state index < -0.39 is 5.54 Å². The van der Waals surface area contributed by atoms with Gasteiger partial charge < -0.3 is 10.6 Å². The zero-order valence-electron chi connectivity index (χ0n) is 12.3. The minimum Gasteiger partial charge on any atom is -0.334 e. The maximum absolute atomic E-state index is 12.8. The normalized spacial score (nSPS) is 20.9. The van der Waals surface area contributed by atoms with Crippen molar-refractivity contribution in [1.29, 1.82) is 0 Å². The third-order valence-corrected chi connectivity index (χ3v) is 4.64. The van der Waals surface area contributed by atoms with Crippen molar-refractivity contribution < 1.29 is 4.79 Å². The van der Waals surface area contributed by atoms with Crippen LogP contribution in [0.25, 0.3) is 0 Å². The van der Waals surface area contributed by atoms with E-state index in [0.29, 0.717) is 12.6 Å². The number of carbonyl (C=O) groups excluding carboxylic acids is 1. The van der Waals surface area contributed by atoms with Gasteiger partial charge in [-0.3, -0.25) is 4.79 Å². The second-order valence-corrected chi connectivity index (χ2v) is 6.51. The lowest BCUT2D eigenvalue weighted by atomic mass is 9.96. The average Bonchev–Trinajstić information content (AvgIpc) is 3.19. The van der Waals surface area contributed by atoms with E-state index in [4.69, 9.17) is 5.73 Å². The molecule has 2 aliphatic carbocycles. The molecule has 20 heavy (non-hydrogen) atoms. The first kappa shape index (κ1) is 13.6. The van der Waals surface area contributed by atoms with Gasteiger partial charge in [-0.05, 0) is 38.2 Å². The van der Waals surface area contributed by atoms with Crippen molar-refractivity contribution in [2.24, 2.45) is 5.73 Å². The van der Waals surface area contributed by atoms with Crippen LogP contribution in [0, 0.1) is 6.92 Å². The molecule has 3 heteroatoms. The molecule has 2 aliphatic rings. The van der Waals surface area contributed by atoms with Crippen LogP contribution in [0.2, 0.25) is 0 Å². The first-order chi connectivity index (χ1) is 9.58. The summed E-state index contributed by atoms with van der Waals surface area (Å²) < 4.78 is 0. The van der Waals surface area contributed by atoms with Crippen molar-refractivity contribution in [2.75, 3.05) is 0 Å². The highest BCUT2D eigenvalue weighted by molar-refractivity contribution is 5.87. The van der Waals surface area contributed by atoms with Crippen molar-refractivity contribution >= 4 is 5.91 Å². The molecule has 0 spiro atoms. The molecule has 0 radical (unpaired) electrons. The minimum atomic E-state index is -0.590. The van der Waals surface area contributed by atoms with Crippen LogP contribution in [0.4, 0.5) is 0 Å². The number of nitrogens with zero attached hydrogens (tertiary/aromatic N) is 1. The van der Waals surface area contributed by atoms with E-state index in [1.165, 1.54) is 11.1 Å².